The molecule has 2 heteroatoms. The molecule has 0 saturated carbocycles. The molecule has 0 bridgehead atoms. The summed E-state index contributed by atoms with van der Waals surface area (Å²) in [5.74, 6) is 1.41. The van der Waals surface area contributed by atoms with Crippen LogP contribution < -0.4 is 0 Å². The first-order chi connectivity index (χ1) is 7.83. The second-order valence-corrected chi connectivity index (χ2v) is 4.27. The molecular weight excluding hydrogens is 196 g/mol. The molecule has 1 aliphatic rings. The molecule has 1 fully saturated rings. The van der Waals surface area contributed by atoms with Gasteiger partial charge in [-0.3, -0.25) is 0 Å². The summed E-state index contributed by atoms with van der Waals surface area (Å²) in [4.78, 5) is 4.99. The molecular formula is C14H26N2. The number of rotatable bonds is 5. The van der Waals surface area contributed by atoms with Crippen LogP contribution in [0.1, 0.15) is 40.0 Å². The normalized spacial score (nSPS) is 18.2. The summed E-state index contributed by atoms with van der Waals surface area (Å²) >= 11 is 0. The first-order valence-corrected chi connectivity index (χ1v) is 6.66. The summed E-state index contributed by atoms with van der Waals surface area (Å²) < 4.78 is 0. The smallest absolute Gasteiger partial charge is 0.104 e. The van der Waals surface area contributed by atoms with Crippen molar-refractivity contribution in [3.05, 3.63) is 24.0 Å². The number of piperidine rings is 1. The van der Waals surface area contributed by atoms with E-state index in [0.717, 1.165) is 13.1 Å². The van der Waals surface area contributed by atoms with Crippen LogP contribution in [0.25, 0.3) is 0 Å². The van der Waals surface area contributed by atoms with E-state index in [4.69, 9.17) is 0 Å². The molecule has 1 rings (SSSR count). The SMILES string of the molecule is C/C=C/C=C(/N(CC)CC)N1CCCCC1. The maximum Gasteiger partial charge on any atom is 0.104 e. The number of likely N-dealkylation sites (tertiary alicyclic amines) is 1. The Morgan fingerprint density at radius 1 is 1.12 bits per heavy atom. The van der Waals surface area contributed by atoms with Gasteiger partial charge >= 0.3 is 0 Å². The second-order valence-electron chi connectivity index (χ2n) is 4.27. The summed E-state index contributed by atoms with van der Waals surface area (Å²) in [7, 11) is 0. The van der Waals surface area contributed by atoms with Gasteiger partial charge in [-0.05, 0) is 46.1 Å². The van der Waals surface area contributed by atoms with Crippen molar-refractivity contribution >= 4 is 0 Å². The van der Waals surface area contributed by atoms with Gasteiger partial charge in [0.15, 0.2) is 0 Å². The fourth-order valence-corrected chi connectivity index (χ4v) is 2.26. The van der Waals surface area contributed by atoms with E-state index in [2.05, 4.69) is 48.8 Å². The Bertz CT molecular complexity index is 233. The average molecular weight is 222 g/mol. The minimum atomic E-state index is 1.09. The van der Waals surface area contributed by atoms with Crippen molar-refractivity contribution < 1.29 is 0 Å². The van der Waals surface area contributed by atoms with E-state index in [9.17, 15) is 0 Å². The van der Waals surface area contributed by atoms with Gasteiger partial charge in [0.2, 0.25) is 0 Å². The van der Waals surface area contributed by atoms with Gasteiger partial charge in [-0.2, -0.15) is 0 Å². The lowest BCUT2D eigenvalue weighted by Crippen LogP contribution is -2.38. The molecule has 0 aromatic heterocycles. The third-order valence-electron chi connectivity index (χ3n) is 3.21. The molecule has 0 atom stereocenters. The Labute approximate surface area is 101 Å². The zero-order chi connectivity index (χ0) is 11.8. The van der Waals surface area contributed by atoms with Gasteiger partial charge in [0.05, 0.1) is 0 Å². The van der Waals surface area contributed by atoms with Gasteiger partial charge in [0, 0.05) is 26.2 Å². The van der Waals surface area contributed by atoms with E-state index in [1.54, 1.807) is 0 Å². The first kappa shape index (κ1) is 13.1. The van der Waals surface area contributed by atoms with Crippen LogP contribution in [0.3, 0.4) is 0 Å². The largest absolute Gasteiger partial charge is 0.359 e. The highest BCUT2D eigenvalue weighted by Crippen LogP contribution is 2.17. The summed E-state index contributed by atoms with van der Waals surface area (Å²) in [6, 6.07) is 0. The average Bonchev–Trinajstić information content (AvgIpc) is 2.35. The molecule has 92 valence electrons. The topological polar surface area (TPSA) is 6.48 Å². The van der Waals surface area contributed by atoms with Crippen LogP contribution in [0, 0.1) is 0 Å². The molecule has 16 heavy (non-hydrogen) atoms. The van der Waals surface area contributed by atoms with Crippen molar-refractivity contribution in [3.8, 4) is 0 Å². The zero-order valence-corrected chi connectivity index (χ0v) is 11.1. The van der Waals surface area contributed by atoms with Crippen LogP contribution in [0.2, 0.25) is 0 Å². The minimum absolute atomic E-state index is 1.09. The van der Waals surface area contributed by atoms with E-state index in [0.29, 0.717) is 0 Å². The van der Waals surface area contributed by atoms with Gasteiger partial charge in [-0.1, -0.05) is 12.2 Å². The van der Waals surface area contributed by atoms with Gasteiger partial charge < -0.3 is 9.80 Å². The molecule has 0 spiro atoms. The lowest BCUT2D eigenvalue weighted by atomic mass is 10.1. The van der Waals surface area contributed by atoms with E-state index in [1.807, 2.05) is 0 Å². The number of hydrogen-bond donors (Lipinski definition) is 0. The monoisotopic (exact) mass is 222 g/mol. The van der Waals surface area contributed by atoms with Crippen molar-refractivity contribution in [1.82, 2.24) is 9.80 Å². The second kappa shape index (κ2) is 7.37. The lowest BCUT2D eigenvalue weighted by molar-refractivity contribution is 0.194. The minimum Gasteiger partial charge on any atom is -0.359 e. The fourth-order valence-electron chi connectivity index (χ4n) is 2.26. The summed E-state index contributed by atoms with van der Waals surface area (Å²) in [6.07, 6.45) is 10.6. The summed E-state index contributed by atoms with van der Waals surface area (Å²) in [6.45, 7) is 11.2. The molecule has 0 aromatic rings. The Kier molecular flexibility index (Phi) is 6.05. The molecule has 0 aliphatic carbocycles. The predicted molar refractivity (Wildman–Crippen MR) is 71.2 cm³/mol. The quantitative estimate of drug-likeness (QED) is 0.659. The van der Waals surface area contributed by atoms with Crippen molar-refractivity contribution in [3.63, 3.8) is 0 Å². The third kappa shape index (κ3) is 3.58. The van der Waals surface area contributed by atoms with Crippen molar-refractivity contribution in [1.29, 1.82) is 0 Å². The molecule has 1 heterocycles. The van der Waals surface area contributed by atoms with E-state index < -0.39 is 0 Å². The summed E-state index contributed by atoms with van der Waals surface area (Å²) in [5, 5.41) is 0. The van der Waals surface area contributed by atoms with Crippen LogP contribution >= 0.6 is 0 Å². The maximum atomic E-state index is 2.54. The predicted octanol–water partition coefficient (Wildman–Crippen LogP) is 3.23. The van der Waals surface area contributed by atoms with Crippen molar-refractivity contribution in [2.75, 3.05) is 26.2 Å². The fraction of sp³-hybridized carbons (Fsp3) is 0.714. The van der Waals surface area contributed by atoms with E-state index in [1.165, 1.54) is 38.2 Å². The third-order valence-corrected chi connectivity index (χ3v) is 3.21. The van der Waals surface area contributed by atoms with E-state index >= 15 is 0 Å². The van der Waals surface area contributed by atoms with Crippen LogP contribution in [-0.2, 0) is 0 Å². The summed E-state index contributed by atoms with van der Waals surface area (Å²) in [5.41, 5.74) is 0. The zero-order valence-electron chi connectivity index (χ0n) is 11.1. The lowest BCUT2D eigenvalue weighted by Gasteiger charge is -2.37. The van der Waals surface area contributed by atoms with Crippen LogP contribution in [0.5, 0.6) is 0 Å². The highest BCUT2D eigenvalue weighted by molar-refractivity contribution is 5.11. The van der Waals surface area contributed by atoms with Gasteiger partial charge in [0.25, 0.3) is 0 Å². The standard InChI is InChI=1S/C14H26N2/c1-4-7-11-14(15(5-2)6-3)16-12-9-8-10-13-16/h4,7,11H,5-6,8-10,12-13H2,1-3H3/b7-4+,14-11-. The molecule has 1 aliphatic heterocycles. The van der Waals surface area contributed by atoms with Crippen LogP contribution in [-0.4, -0.2) is 36.0 Å². The molecule has 1 saturated heterocycles. The Morgan fingerprint density at radius 3 is 2.25 bits per heavy atom. The highest BCUT2D eigenvalue weighted by atomic mass is 15.3. The Balaban J connectivity index is 2.76. The number of hydrogen-bond acceptors (Lipinski definition) is 2. The van der Waals surface area contributed by atoms with Crippen LogP contribution in [0.15, 0.2) is 24.0 Å². The van der Waals surface area contributed by atoms with Gasteiger partial charge in [-0.25, -0.2) is 0 Å². The molecule has 0 unspecified atom stereocenters. The molecule has 0 amide bonds. The highest BCUT2D eigenvalue weighted by Gasteiger charge is 2.16. The molecule has 0 aromatic carbocycles. The van der Waals surface area contributed by atoms with E-state index in [-0.39, 0.29) is 0 Å². The molecule has 2 nitrogen and oxygen atoms in total. The number of nitrogens with zero attached hydrogens (tertiary/aromatic N) is 2. The first-order valence-electron chi connectivity index (χ1n) is 6.66. The van der Waals surface area contributed by atoms with Gasteiger partial charge in [-0.15, -0.1) is 0 Å². The Hall–Kier alpha value is -0.920. The van der Waals surface area contributed by atoms with Crippen LogP contribution in [0.4, 0.5) is 0 Å². The molecule has 0 N–H and O–H groups in total. The Morgan fingerprint density at radius 2 is 1.75 bits per heavy atom. The van der Waals surface area contributed by atoms with Gasteiger partial charge in [0.1, 0.15) is 5.82 Å². The number of allylic oxidation sites excluding steroid dienone is 3. The molecule has 0 radical (unpaired) electrons. The maximum absolute atomic E-state index is 2.54. The van der Waals surface area contributed by atoms with Crippen molar-refractivity contribution in [2.24, 2.45) is 0 Å². The van der Waals surface area contributed by atoms with Crippen molar-refractivity contribution in [2.45, 2.75) is 40.0 Å².